The second-order valence-corrected chi connectivity index (χ2v) is 12.7. The van der Waals surface area contributed by atoms with E-state index in [4.69, 9.17) is 0 Å². The lowest BCUT2D eigenvalue weighted by molar-refractivity contribution is 0.827. The maximum atomic E-state index is 2.42. The maximum absolute atomic E-state index is 2.42. The highest BCUT2D eigenvalue weighted by Crippen LogP contribution is 2.50. The van der Waals surface area contributed by atoms with E-state index in [9.17, 15) is 0 Å². The standard InChI is InChI=1S/C46H36N2/c1-2-48-41-26-16-15-25-37(41)38-29-36(27-28-42(38)48)47-30-39-40(31-47)44(33-19-9-4-10-20-33)46(35-23-13-6-14-24-35)45(34-21-11-5-12-22-34)43(39)32-17-7-3-8-18-32/h3-9,11-19,21-31H,2,10,20H2,1H3. The van der Waals surface area contributed by atoms with Gasteiger partial charge >= 0.3 is 0 Å². The smallest absolute Gasteiger partial charge is 0.0492 e. The average molecular weight is 617 g/mol. The van der Waals surface area contributed by atoms with Crippen LogP contribution >= 0.6 is 0 Å². The molecule has 2 heterocycles. The Morgan fingerprint density at radius 1 is 0.521 bits per heavy atom. The van der Waals surface area contributed by atoms with E-state index in [-0.39, 0.29) is 0 Å². The number of benzene rings is 6. The minimum Gasteiger partial charge on any atom is -0.341 e. The van der Waals surface area contributed by atoms with Crippen LogP contribution in [0.3, 0.4) is 0 Å². The SMILES string of the molecule is CCn1c2ccccc2c2cc(-n3cc4c(C5=CC=CCC5)c(-c5ccccc5)c(-c5ccccc5)c(-c5ccccc5)c4c3)ccc21. The minimum atomic E-state index is 0.939. The molecular weight excluding hydrogens is 581 g/mol. The van der Waals surface area contributed by atoms with Gasteiger partial charge in [-0.05, 0) is 88.5 Å². The first-order valence-corrected chi connectivity index (χ1v) is 17.1. The van der Waals surface area contributed by atoms with Crippen LogP contribution in [0.4, 0.5) is 0 Å². The topological polar surface area (TPSA) is 9.86 Å². The van der Waals surface area contributed by atoms with Crippen LogP contribution in [0.2, 0.25) is 0 Å². The molecule has 2 aromatic heterocycles. The molecule has 2 nitrogen and oxygen atoms in total. The van der Waals surface area contributed by atoms with Crippen LogP contribution in [0.5, 0.6) is 0 Å². The number of hydrogen-bond donors (Lipinski definition) is 0. The van der Waals surface area contributed by atoms with E-state index in [2.05, 4.69) is 180 Å². The van der Waals surface area contributed by atoms with Gasteiger partial charge in [-0.25, -0.2) is 0 Å². The van der Waals surface area contributed by atoms with E-state index in [0.29, 0.717) is 0 Å². The Balaban J connectivity index is 1.43. The Hall–Kier alpha value is -5.86. The largest absolute Gasteiger partial charge is 0.341 e. The van der Waals surface area contributed by atoms with Gasteiger partial charge in [-0.3, -0.25) is 0 Å². The van der Waals surface area contributed by atoms with Crippen molar-refractivity contribution in [3.8, 4) is 39.1 Å². The van der Waals surface area contributed by atoms with E-state index in [0.717, 1.165) is 19.4 Å². The molecule has 0 spiro atoms. The van der Waals surface area contributed by atoms with Crippen molar-refractivity contribution >= 4 is 38.2 Å². The summed E-state index contributed by atoms with van der Waals surface area (Å²) >= 11 is 0. The summed E-state index contributed by atoms with van der Waals surface area (Å²) in [6.07, 6.45) is 13.7. The molecule has 0 fully saturated rings. The number of nitrogens with zero attached hydrogens (tertiary/aromatic N) is 2. The second-order valence-electron chi connectivity index (χ2n) is 12.7. The normalized spacial score (nSPS) is 13.1. The molecule has 0 atom stereocenters. The molecule has 0 aliphatic heterocycles. The van der Waals surface area contributed by atoms with E-state index >= 15 is 0 Å². The molecule has 0 saturated heterocycles. The van der Waals surface area contributed by atoms with Gasteiger partial charge < -0.3 is 9.13 Å². The van der Waals surface area contributed by atoms with Gasteiger partial charge in [0.05, 0.1) is 0 Å². The van der Waals surface area contributed by atoms with Crippen molar-refractivity contribution in [1.29, 1.82) is 0 Å². The summed E-state index contributed by atoms with van der Waals surface area (Å²) in [5, 5.41) is 5.14. The molecule has 0 bridgehead atoms. The highest BCUT2D eigenvalue weighted by molar-refractivity contribution is 6.16. The van der Waals surface area contributed by atoms with E-state index in [1.807, 2.05) is 0 Å². The van der Waals surface area contributed by atoms with Crippen molar-refractivity contribution in [3.05, 3.63) is 170 Å². The van der Waals surface area contributed by atoms with Crippen LogP contribution < -0.4 is 0 Å². The van der Waals surface area contributed by atoms with Gasteiger partial charge in [-0.1, -0.05) is 127 Å². The fraction of sp³-hybridized carbons (Fsp3) is 0.0870. The molecule has 230 valence electrons. The molecular formula is C46H36N2. The summed E-state index contributed by atoms with van der Waals surface area (Å²) in [5.74, 6) is 0. The van der Waals surface area contributed by atoms with Gasteiger partial charge in [0.25, 0.3) is 0 Å². The van der Waals surface area contributed by atoms with Crippen molar-refractivity contribution in [2.24, 2.45) is 0 Å². The second kappa shape index (κ2) is 11.7. The van der Waals surface area contributed by atoms with Crippen LogP contribution in [0.25, 0.3) is 77.2 Å². The van der Waals surface area contributed by atoms with E-state index in [1.54, 1.807) is 0 Å². The van der Waals surface area contributed by atoms with Crippen LogP contribution in [-0.4, -0.2) is 9.13 Å². The van der Waals surface area contributed by atoms with Crippen LogP contribution in [0, 0.1) is 0 Å². The molecule has 0 amide bonds. The van der Waals surface area contributed by atoms with Crippen LogP contribution in [0.15, 0.2) is 164 Å². The van der Waals surface area contributed by atoms with Crippen molar-refractivity contribution in [1.82, 2.24) is 9.13 Å². The lowest BCUT2D eigenvalue weighted by Gasteiger charge is -2.24. The Bertz CT molecular complexity index is 2510. The molecule has 8 aromatic rings. The maximum Gasteiger partial charge on any atom is 0.0492 e. The first kappa shape index (κ1) is 28.4. The Morgan fingerprint density at radius 3 is 1.71 bits per heavy atom. The molecule has 0 radical (unpaired) electrons. The minimum absolute atomic E-state index is 0.939. The molecule has 1 aliphatic carbocycles. The monoisotopic (exact) mass is 616 g/mol. The number of aryl methyl sites for hydroxylation is 1. The third-order valence-corrected chi connectivity index (χ3v) is 10.0. The molecule has 0 unspecified atom stereocenters. The van der Waals surface area contributed by atoms with Crippen LogP contribution in [-0.2, 0) is 6.54 Å². The van der Waals surface area contributed by atoms with Gasteiger partial charge in [0.2, 0.25) is 0 Å². The van der Waals surface area contributed by atoms with Gasteiger partial charge in [-0.15, -0.1) is 0 Å². The van der Waals surface area contributed by atoms with Crippen molar-refractivity contribution in [2.45, 2.75) is 26.3 Å². The molecule has 6 aromatic carbocycles. The predicted molar refractivity (Wildman–Crippen MR) is 205 cm³/mol. The lowest BCUT2D eigenvalue weighted by atomic mass is 9.79. The molecule has 0 saturated carbocycles. The summed E-state index contributed by atoms with van der Waals surface area (Å²) in [6.45, 7) is 3.17. The molecule has 9 rings (SSSR count). The van der Waals surface area contributed by atoms with Crippen molar-refractivity contribution in [3.63, 3.8) is 0 Å². The summed E-state index contributed by atoms with van der Waals surface area (Å²) in [6, 6.07) is 48.7. The predicted octanol–water partition coefficient (Wildman–Crippen LogP) is 12.5. The Kier molecular flexibility index (Phi) is 6.94. The van der Waals surface area contributed by atoms with Gasteiger partial charge in [-0.2, -0.15) is 0 Å². The molecule has 0 N–H and O–H groups in total. The van der Waals surface area contributed by atoms with Gasteiger partial charge in [0.1, 0.15) is 0 Å². The Morgan fingerprint density at radius 2 is 1.08 bits per heavy atom. The van der Waals surface area contributed by atoms with Crippen LogP contribution in [0.1, 0.15) is 25.3 Å². The summed E-state index contributed by atoms with van der Waals surface area (Å²) < 4.78 is 4.79. The first-order chi connectivity index (χ1) is 23.8. The highest BCUT2D eigenvalue weighted by atomic mass is 15.0. The third-order valence-electron chi connectivity index (χ3n) is 10.0. The quantitative estimate of drug-likeness (QED) is 0.176. The van der Waals surface area contributed by atoms with E-state index < -0.39 is 0 Å². The number of rotatable bonds is 6. The first-order valence-electron chi connectivity index (χ1n) is 17.1. The summed E-state index contributed by atoms with van der Waals surface area (Å²) in [5.41, 5.74) is 14.0. The number of para-hydroxylation sites is 1. The van der Waals surface area contributed by atoms with Crippen molar-refractivity contribution in [2.75, 3.05) is 0 Å². The van der Waals surface area contributed by atoms with Gasteiger partial charge in [0.15, 0.2) is 0 Å². The number of fused-ring (bicyclic) bond motifs is 4. The average Bonchev–Trinajstić information content (AvgIpc) is 3.74. The van der Waals surface area contributed by atoms with E-state index in [1.165, 1.54) is 82.8 Å². The zero-order valence-corrected chi connectivity index (χ0v) is 27.1. The summed E-state index contributed by atoms with van der Waals surface area (Å²) in [7, 11) is 0. The lowest BCUT2D eigenvalue weighted by Crippen LogP contribution is -1.99. The molecule has 1 aliphatic rings. The third kappa shape index (κ3) is 4.56. The summed E-state index contributed by atoms with van der Waals surface area (Å²) in [4.78, 5) is 0. The fourth-order valence-electron chi connectivity index (χ4n) is 7.90. The molecule has 2 heteroatoms. The van der Waals surface area contributed by atoms with Gasteiger partial charge in [0, 0.05) is 57.2 Å². The zero-order valence-electron chi connectivity index (χ0n) is 27.1. The number of allylic oxidation sites excluding steroid dienone is 4. The van der Waals surface area contributed by atoms with Crippen molar-refractivity contribution < 1.29 is 0 Å². The fourth-order valence-corrected chi connectivity index (χ4v) is 7.90. The molecule has 48 heavy (non-hydrogen) atoms. The number of hydrogen-bond acceptors (Lipinski definition) is 0. The zero-order chi connectivity index (χ0) is 32.0. The highest BCUT2D eigenvalue weighted by Gasteiger charge is 2.26. The Labute approximate surface area is 281 Å². The number of aromatic nitrogens is 2.